The summed E-state index contributed by atoms with van der Waals surface area (Å²) >= 11 is 0. The topological polar surface area (TPSA) is 45.9 Å². The summed E-state index contributed by atoms with van der Waals surface area (Å²) < 4.78 is 5.92. The van der Waals surface area contributed by atoms with Gasteiger partial charge in [-0.1, -0.05) is 49.8 Å². The molecule has 1 aliphatic carbocycles. The maximum atomic E-state index is 9.17. The molecule has 0 spiro atoms. The van der Waals surface area contributed by atoms with Crippen LogP contribution in [0.5, 0.6) is 5.75 Å². The van der Waals surface area contributed by atoms with Crippen LogP contribution in [0.3, 0.4) is 0 Å². The molecule has 3 heteroatoms. The van der Waals surface area contributed by atoms with E-state index in [0.717, 1.165) is 35.5 Å². The van der Waals surface area contributed by atoms with E-state index in [1.807, 2.05) is 43.3 Å². The lowest BCUT2D eigenvalue weighted by Crippen LogP contribution is -2.16. The van der Waals surface area contributed by atoms with Crippen molar-refractivity contribution in [1.29, 1.82) is 5.26 Å². The Kier molecular flexibility index (Phi) is 7.25. The van der Waals surface area contributed by atoms with Crippen LogP contribution in [0.2, 0.25) is 0 Å². The lowest BCUT2D eigenvalue weighted by atomic mass is 9.78. The highest BCUT2D eigenvalue weighted by Gasteiger charge is 2.33. The van der Waals surface area contributed by atoms with Gasteiger partial charge in [-0.2, -0.15) is 5.26 Å². The van der Waals surface area contributed by atoms with Crippen molar-refractivity contribution >= 4 is 12.2 Å². The summed E-state index contributed by atoms with van der Waals surface area (Å²) in [6.07, 6.45) is 13.6. The van der Waals surface area contributed by atoms with Crippen LogP contribution in [-0.2, 0) is 13.0 Å². The first-order chi connectivity index (χ1) is 14.2. The van der Waals surface area contributed by atoms with Crippen molar-refractivity contribution in [3.8, 4) is 11.8 Å². The van der Waals surface area contributed by atoms with E-state index < -0.39 is 0 Å². The van der Waals surface area contributed by atoms with Crippen LogP contribution in [-0.4, -0.2) is 4.98 Å². The number of benzene rings is 1. The van der Waals surface area contributed by atoms with E-state index in [2.05, 4.69) is 29.8 Å². The number of nitriles is 1. The fraction of sp³-hybridized carbons (Fsp3) is 0.385. The molecular weight excluding hydrogens is 356 g/mol. The molecule has 0 aliphatic heterocycles. The third-order valence-electron chi connectivity index (χ3n) is 5.93. The molecule has 1 saturated carbocycles. The molecule has 0 N–H and O–H groups in total. The van der Waals surface area contributed by atoms with Crippen LogP contribution in [0.15, 0.2) is 49.1 Å². The maximum absolute atomic E-state index is 9.17. The Hall–Kier alpha value is -2.86. The van der Waals surface area contributed by atoms with Crippen LogP contribution in [0, 0.1) is 16.7 Å². The first kappa shape index (κ1) is 20.9. The summed E-state index contributed by atoms with van der Waals surface area (Å²) in [6, 6.07) is 14.8. The molecule has 1 aliphatic rings. The summed E-state index contributed by atoms with van der Waals surface area (Å²) in [5, 5.41) is 9.17. The summed E-state index contributed by atoms with van der Waals surface area (Å²) in [6.45, 7) is 6.27. The van der Waals surface area contributed by atoms with Gasteiger partial charge >= 0.3 is 0 Å². The van der Waals surface area contributed by atoms with Gasteiger partial charge in [-0.15, -0.1) is 0 Å². The van der Waals surface area contributed by atoms with Gasteiger partial charge in [-0.05, 0) is 73.4 Å². The van der Waals surface area contributed by atoms with Crippen LogP contribution in [0.4, 0.5) is 0 Å². The van der Waals surface area contributed by atoms with E-state index in [1.165, 1.54) is 31.2 Å². The van der Waals surface area contributed by atoms with Crippen molar-refractivity contribution in [2.45, 2.75) is 58.5 Å². The molecular formula is C26H30N2O. The van der Waals surface area contributed by atoms with E-state index in [-0.39, 0.29) is 5.41 Å². The van der Waals surface area contributed by atoms with Crippen molar-refractivity contribution in [2.75, 3.05) is 0 Å². The van der Waals surface area contributed by atoms with Gasteiger partial charge in [0.15, 0.2) is 0 Å². The van der Waals surface area contributed by atoms with Crippen LogP contribution < -0.4 is 4.74 Å². The minimum atomic E-state index is 0.248. The van der Waals surface area contributed by atoms with Crippen LogP contribution >= 0.6 is 0 Å². The highest BCUT2D eigenvalue weighted by atomic mass is 16.5. The second-order valence-electron chi connectivity index (χ2n) is 7.96. The molecule has 29 heavy (non-hydrogen) atoms. The van der Waals surface area contributed by atoms with Crippen molar-refractivity contribution in [2.24, 2.45) is 5.41 Å². The van der Waals surface area contributed by atoms with E-state index in [1.54, 1.807) is 6.08 Å². The normalized spacial score (nSPS) is 15.3. The highest BCUT2D eigenvalue weighted by Crippen LogP contribution is 2.44. The number of aryl methyl sites for hydroxylation is 1. The zero-order valence-electron chi connectivity index (χ0n) is 17.4. The van der Waals surface area contributed by atoms with E-state index in [9.17, 15) is 5.26 Å². The average molecular weight is 387 g/mol. The molecule has 1 aromatic carbocycles. The predicted octanol–water partition coefficient (Wildman–Crippen LogP) is 6.74. The van der Waals surface area contributed by atoms with Gasteiger partial charge < -0.3 is 4.74 Å². The zero-order valence-corrected chi connectivity index (χ0v) is 17.4. The number of pyridine rings is 1. The number of hydrogen-bond acceptors (Lipinski definition) is 3. The molecule has 0 amide bonds. The second-order valence-corrected chi connectivity index (χ2v) is 7.96. The smallest absolute Gasteiger partial charge is 0.130 e. The largest absolute Gasteiger partial charge is 0.487 e. The molecule has 3 rings (SSSR count). The third-order valence-corrected chi connectivity index (χ3v) is 5.93. The lowest BCUT2D eigenvalue weighted by molar-refractivity contribution is 0.278. The first-order valence-electron chi connectivity index (χ1n) is 10.5. The number of ether oxygens (including phenoxy) is 1. The van der Waals surface area contributed by atoms with Crippen molar-refractivity contribution in [1.82, 2.24) is 4.98 Å². The monoisotopic (exact) mass is 386 g/mol. The molecule has 0 unspecified atom stereocenters. The molecule has 1 heterocycles. The minimum Gasteiger partial charge on any atom is -0.487 e. The maximum Gasteiger partial charge on any atom is 0.130 e. The Morgan fingerprint density at radius 3 is 2.59 bits per heavy atom. The number of aromatic nitrogens is 1. The standard InChI is InChI=1S/C26H30N2O/c1-3-7-22-10-11-23(28-25(22)4-2)20-29-24-12-8-21(9-13-24)14-17-26(18-19-27)15-5-6-16-26/h3-4,7-13H,2,5-6,14-18,20H2,1H3/b7-3-. The molecule has 1 aromatic heterocycles. The van der Waals surface area contributed by atoms with Gasteiger partial charge in [0, 0.05) is 6.42 Å². The molecule has 1 fully saturated rings. The van der Waals surface area contributed by atoms with E-state index in [4.69, 9.17) is 4.74 Å². The van der Waals surface area contributed by atoms with Crippen LogP contribution in [0.25, 0.3) is 12.2 Å². The molecule has 2 aromatic rings. The van der Waals surface area contributed by atoms with Crippen molar-refractivity contribution < 1.29 is 4.74 Å². The summed E-state index contributed by atoms with van der Waals surface area (Å²) in [5.74, 6) is 0.848. The van der Waals surface area contributed by atoms with Crippen molar-refractivity contribution in [3.05, 3.63) is 71.6 Å². The van der Waals surface area contributed by atoms with Gasteiger partial charge in [0.05, 0.1) is 17.5 Å². The number of hydrogen-bond donors (Lipinski definition) is 0. The fourth-order valence-electron chi connectivity index (χ4n) is 4.22. The minimum absolute atomic E-state index is 0.248. The number of allylic oxidation sites excluding steroid dienone is 1. The van der Waals surface area contributed by atoms with Crippen molar-refractivity contribution in [3.63, 3.8) is 0 Å². The Labute approximate surface area is 174 Å². The van der Waals surface area contributed by atoms with Gasteiger partial charge in [0.25, 0.3) is 0 Å². The quantitative estimate of drug-likeness (QED) is 0.479. The second kappa shape index (κ2) is 10.1. The molecule has 0 radical (unpaired) electrons. The predicted molar refractivity (Wildman–Crippen MR) is 119 cm³/mol. The average Bonchev–Trinajstić information content (AvgIpc) is 3.21. The summed E-state index contributed by atoms with van der Waals surface area (Å²) in [5.41, 5.74) is 4.38. The third kappa shape index (κ3) is 5.57. The van der Waals surface area contributed by atoms with Gasteiger partial charge in [0.2, 0.25) is 0 Å². The first-order valence-corrected chi connectivity index (χ1v) is 10.5. The lowest BCUT2D eigenvalue weighted by Gasteiger charge is -2.26. The Morgan fingerprint density at radius 1 is 1.17 bits per heavy atom. The van der Waals surface area contributed by atoms with Crippen LogP contribution in [0.1, 0.15) is 68.0 Å². The van der Waals surface area contributed by atoms with Gasteiger partial charge in [0.1, 0.15) is 12.4 Å². The van der Waals surface area contributed by atoms with E-state index in [0.29, 0.717) is 13.0 Å². The van der Waals surface area contributed by atoms with E-state index >= 15 is 0 Å². The number of rotatable bonds is 9. The number of nitrogens with zero attached hydrogens (tertiary/aromatic N) is 2. The molecule has 0 saturated heterocycles. The molecule has 0 bridgehead atoms. The summed E-state index contributed by atoms with van der Waals surface area (Å²) in [4.78, 5) is 4.62. The SMILES string of the molecule is C=Cc1nc(COc2ccc(CCC3(CC#N)CCCC3)cc2)ccc1/C=C\C. The van der Waals surface area contributed by atoms with Gasteiger partial charge in [-0.25, -0.2) is 4.98 Å². The zero-order chi connectivity index (χ0) is 20.5. The summed E-state index contributed by atoms with van der Waals surface area (Å²) in [7, 11) is 0. The Balaban J connectivity index is 1.55. The Bertz CT molecular complexity index is 884. The molecule has 0 atom stereocenters. The fourth-order valence-corrected chi connectivity index (χ4v) is 4.22. The molecule has 150 valence electrons. The molecule has 3 nitrogen and oxygen atoms in total. The van der Waals surface area contributed by atoms with Gasteiger partial charge in [-0.3, -0.25) is 0 Å². The Morgan fingerprint density at radius 2 is 1.93 bits per heavy atom. The highest BCUT2D eigenvalue weighted by molar-refractivity contribution is 5.61.